The van der Waals surface area contributed by atoms with Crippen LogP contribution in [0, 0.1) is 0 Å². The van der Waals surface area contributed by atoms with E-state index in [1.54, 1.807) is 6.20 Å². The molecule has 0 saturated carbocycles. The topological polar surface area (TPSA) is 29.3 Å². The van der Waals surface area contributed by atoms with Gasteiger partial charge in [-0.1, -0.05) is 91.0 Å². The number of hydrogen-bond donors (Lipinski definition) is 0. The van der Waals surface area contributed by atoms with Gasteiger partial charge in [-0.3, -0.25) is 4.98 Å². The van der Waals surface area contributed by atoms with E-state index in [1.165, 1.54) is 22.3 Å². The average Bonchev–Trinajstić information content (AvgIpc) is 3.38. The molecule has 0 fully saturated rings. The third kappa shape index (κ3) is 3.91. The van der Waals surface area contributed by atoms with Gasteiger partial charge in [0, 0.05) is 29.2 Å². The van der Waals surface area contributed by atoms with Crippen molar-refractivity contribution in [2.45, 2.75) is 0 Å². The summed E-state index contributed by atoms with van der Waals surface area (Å²) >= 11 is 0. The van der Waals surface area contributed by atoms with Gasteiger partial charge >= 0.3 is 0 Å². The summed E-state index contributed by atoms with van der Waals surface area (Å²) in [6, 6.07) is 46.6. The maximum Gasteiger partial charge on any atom is 0.138 e. The Kier molecular flexibility index (Phi) is 5.45. The monoisotopic (exact) mass is 488 g/mol. The first-order chi connectivity index (χ1) is 18.8. The predicted molar refractivity (Wildman–Crippen MR) is 157 cm³/mol. The number of hydrogen-bond acceptors (Lipinski definition) is 3. The molecular formula is C35H24N2O. The van der Waals surface area contributed by atoms with Crippen molar-refractivity contribution in [3.63, 3.8) is 0 Å². The molecule has 180 valence electrons. The van der Waals surface area contributed by atoms with Gasteiger partial charge in [0.1, 0.15) is 11.2 Å². The average molecular weight is 489 g/mol. The molecule has 2 heterocycles. The number of fused-ring (bicyclic) bond motifs is 3. The number of benzene rings is 5. The van der Waals surface area contributed by atoms with Gasteiger partial charge in [-0.2, -0.15) is 0 Å². The summed E-state index contributed by atoms with van der Waals surface area (Å²) in [5.74, 6) is 0. The molecule has 5 aromatic carbocycles. The highest BCUT2D eigenvalue weighted by atomic mass is 16.3. The lowest BCUT2D eigenvalue weighted by Gasteiger charge is -2.26. The van der Waals surface area contributed by atoms with Crippen molar-refractivity contribution in [1.29, 1.82) is 0 Å². The molecule has 0 saturated heterocycles. The lowest BCUT2D eigenvalue weighted by molar-refractivity contribution is 0.668. The van der Waals surface area contributed by atoms with Crippen LogP contribution in [0.2, 0.25) is 0 Å². The van der Waals surface area contributed by atoms with E-state index in [1.807, 2.05) is 30.5 Å². The van der Waals surface area contributed by atoms with Crippen molar-refractivity contribution in [2.24, 2.45) is 0 Å². The van der Waals surface area contributed by atoms with Crippen LogP contribution in [-0.2, 0) is 0 Å². The number of pyridine rings is 1. The highest BCUT2D eigenvalue weighted by Gasteiger charge is 2.19. The fourth-order valence-electron chi connectivity index (χ4n) is 5.13. The van der Waals surface area contributed by atoms with Crippen LogP contribution in [-0.4, -0.2) is 4.98 Å². The van der Waals surface area contributed by atoms with Gasteiger partial charge in [0.25, 0.3) is 0 Å². The van der Waals surface area contributed by atoms with Gasteiger partial charge < -0.3 is 9.32 Å². The Bertz CT molecular complexity index is 1760. The summed E-state index contributed by atoms with van der Waals surface area (Å²) in [6.07, 6.45) is 3.66. The molecule has 0 unspecified atom stereocenters. The van der Waals surface area contributed by atoms with Crippen LogP contribution in [0.5, 0.6) is 0 Å². The molecule has 0 N–H and O–H groups in total. The highest BCUT2D eigenvalue weighted by Crippen LogP contribution is 2.43. The molecule has 0 aliphatic rings. The van der Waals surface area contributed by atoms with Crippen LogP contribution in [0.3, 0.4) is 0 Å². The second kappa shape index (κ2) is 9.38. The molecule has 7 rings (SSSR count). The van der Waals surface area contributed by atoms with E-state index in [2.05, 4.69) is 119 Å². The van der Waals surface area contributed by atoms with Crippen LogP contribution in [0.4, 0.5) is 17.1 Å². The summed E-state index contributed by atoms with van der Waals surface area (Å²) in [4.78, 5) is 6.69. The Balaban J connectivity index is 1.40. The predicted octanol–water partition coefficient (Wildman–Crippen LogP) is 9.78. The van der Waals surface area contributed by atoms with Gasteiger partial charge in [0.05, 0.1) is 11.1 Å². The molecule has 38 heavy (non-hydrogen) atoms. The number of rotatable bonds is 5. The van der Waals surface area contributed by atoms with Crippen LogP contribution >= 0.6 is 0 Å². The van der Waals surface area contributed by atoms with Crippen LogP contribution in [0.15, 0.2) is 150 Å². The SMILES string of the molecule is c1ccc(-c2ccc(N(c3ccc(-c4ccccc4)cc3)c3cccc4oc5ccncc5c34)cc2)cc1. The van der Waals surface area contributed by atoms with E-state index in [0.29, 0.717) is 0 Å². The summed E-state index contributed by atoms with van der Waals surface area (Å²) in [7, 11) is 0. The standard InChI is InChI=1S/C35H24N2O/c1-3-8-25(9-4-1)27-14-18-29(19-15-27)37(30-20-16-28(17-21-30)26-10-5-2-6-11-26)32-12-7-13-34-35(32)31-24-36-23-22-33(31)38-34/h1-24H. The fraction of sp³-hybridized carbons (Fsp3) is 0. The lowest BCUT2D eigenvalue weighted by Crippen LogP contribution is -2.10. The number of nitrogens with zero attached hydrogens (tertiary/aromatic N) is 2. The Labute approximate surface area is 221 Å². The molecule has 3 heteroatoms. The zero-order valence-electron chi connectivity index (χ0n) is 20.7. The summed E-state index contributed by atoms with van der Waals surface area (Å²) in [5, 5.41) is 2.06. The minimum atomic E-state index is 0.834. The molecule has 0 atom stereocenters. The fourth-order valence-corrected chi connectivity index (χ4v) is 5.13. The van der Waals surface area contributed by atoms with Crippen molar-refractivity contribution < 1.29 is 4.42 Å². The Hall–Kier alpha value is -5.15. The maximum absolute atomic E-state index is 6.20. The molecule has 0 bridgehead atoms. The summed E-state index contributed by atoms with van der Waals surface area (Å²) in [6.45, 7) is 0. The summed E-state index contributed by atoms with van der Waals surface area (Å²) in [5.41, 5.74) is 9.65. The van der Waals surface area contributed by atoms with Crippen molar-refractivity contribution in [3.8, 4) is 22.3 Å². The first-order valence-corrected chi connectivity index (χ1v) is 12.7. The zero-order chi connectivity index (χ0) is 25.3. The summed E-state index contributed by atoms with van der Waals surface area (Å²) < 4.78 is 6.20. The van der Waals surface area contributed by atoms with E-state index in [9.17, 15) is 0 Å². The molecule has 0 amide bonds. The number of aromatic nitrogens is 1. The van der Waals surface area contributed by atoms with Crippen molar-refractivity contribution in [2.75, 3.05) is 4.90 Å². The lowest BCUT2D eigenvalue weighted by atomic mass is 10.0. The molecule has 3 nitrogen and oxygen atoms in total. The molecule has 0 spiro atoms. The molecule has 0 aliphatic carbocycles. The van der Waals surface area contributed by atoms with Crippen LogP contribution in [0.1, 0.15) is 0 Å². The maximum atomic E-state index is 6.20. The second-order valence-electron chi connectivity index (χ2n) is 9.29. The number of furan rings is 1. The van der Waals surface area contributed by atoms with E-state index in [-0.39, 0.29) is 0 Å². The molecule has 2 aromatic heterocycles. The third-order valence-electron chi connectivity index (χ3n) is 6.98. The first kappa shape index (κ1) is 22.1. The zero-order valence-corrected chi connectivity index (χ0v) is 20.7. The Morgan fingerprint density at radius 1 is 0.474 bits per heavy atom. The van der Waals surface area contributed by atoms with Gasteiger partial charge in [-0.25, -0.2) is 0 Å². The minimum Gasteiger partial charge on any atom is -0.456 e. The van der Waals surface area contributed by atoms with Crippen LogP contribution in [0.25, 0.3) is 44.2 Å². The third-order valence-corrected chi connectivity index (χ3v) is 6.98. The minimum absolute atomic E-state index is 0.834. The van der Waals surface area contributed by atoms with Crippen molar-refractivity contribution in [3.05, 3.63) is 146 Å². The smallest absolute Gasteiger partial charge is 0.138 e. The van der Waals surface area contributed by atoms with Gasteiger partial charge in [0.15, 0.2) is 0 Å². The molecule has 0 aliphatic heterocycles. The molecule has 0 radical (unpaired) electrons. The number of anilines is 3. The largest absolute Gasteiger partial charge is 0.456 e. The van der Waals surface area contributed by atoms with Gasteiger partial charge in [-0.15, -0.1) is 0 Å². The van der Waals surface area contributed by atoms with Crippen molar-refractivity contribution >= 4 is 39.0 Å². The normalized spacial score (nSPS) is 11.2. The van der Waals surface area contributed by atoms with Gasteiger partial charge in [0.2, 0.25) is 0 Å². The van der Waals surface area contributed by atoms with E-state index < -0.39 is 0 Å². The van der Waals surface area contributed by atoms with E-state index in [0.717, 1.165) is 39.0 Å². The molecular weight excluding hydrogens is 464 g/mol. The Morgan fingerprint density at radius 2 is 1.03 bits per heavy atom. The quantitative estimate of drug-likeness (QED) is 0.241. The molecule has 7 aromatic rings. The van der Waals surface area contributed by atoms with Gasteiger partial charge in [-0.05, 0) is 64.7 Å². The van der Waals surface area contributed by atoms with E-state index >= 15 is 0 Å². The Morgan fingerprint density at radius 3 is 1.61 bits per heavy atom. The highest BCUT2D eigenvalue weighted by molar-refractivity contribution is 6.13. The van der Waals surface area contributed by atoms with Crippen LogP contribution < -0.4 is 4.90 Å². The first-order valence-electron chi connectivity index (χ1n) is 12.7. The van der Waals surface area contributed by atoms with Crippen molar-refractivity contribution in [1.82, 2.24) is 4.98 Å². The second-order valence-corrected chi connectivity index (χ2v) is 9.29. The van der Waals surface area contributed by atoms with E-state index in [4.69, 9.17) is 4.42 Å².